The van der Waals surface area contributed by atoms with E-state index in [1.165, 1.54) is 0 Å². The molecule has 0 spiro atoms. The van der Waals surface area contributed by atoms with Crippen LogP contribution in [-0.4, -0.2) is 48.1 Å². The zero-order chi connectivity index (χ0) is 20.7. The smallest absolute Gasteiger partial charge is 0.269 e. The molecule has 2 aromatic carbocycles. The van der Waals surface area contributed by atoms with Crippen molar-refractivity contribution in [3.8, 4) is 5.75 Å². The summed E-state index contributed by atoms with van der Waals surface area (Å²) in [5.74, 6) is 0.128. The van der Waals surface area contributed by atoms with E-state index in [9.17, 15) is 13.2 Å². The number of amides is 1. The monoisotopic (exact) mass is 416 g/mol. The number of aryl methyl sites for hydroxylation is 1. The SMILES string of the molecule is Cc1ccc(S(=O)(=O)NCCc2cccc(OCC(=O)Nc3nn[nH]n3)c2)cc1. The molecule has 0 aliphatic heterocycles. The highest BCUT2D eigenvalue weighted by molar-refractivity contribution is 7.89. The summed E-state index contributed by atoms with van der Waals surface area (Å²) in [5, 5.41) is 15.2. The molecule has 0 bridgehead atoms. The summed E-state index contributed by atoms with van der Waals surface area (Å²) >= 11 is 0. The van der Waals surface area contributed by atoms with Crippen LogP contribution >= 0.6 is 0 Å². The number of carbonyl (C=O) groups excluding carboxylic acids is 1. The highest BCUT2D eigenvalue weighted by Crippen LogP contribution is 2.14. The molecule has 0 saturated heterocycles. The number of hydrogen-bond donors (Lipinski definition) is 3. The molecule has 1 heterocycles. The van der Waals surface area contributed by atoms with E-state index in [0.717, 1.165) is 11.1 Å². The predicted molar refractivity (Wildman–Crippen MR) is 105 cm³/mol. The lowest BCUT2D eigenvalue weighted by Gasteiger charge is -2.09. The van der Waals surface area contributed by atoms with E-state index in [2.05, 4.69) is 30.7 Å². The molecule has 3 rings (SSSR count). The molecule has 11 heteroatoms. The highest BCUT2D eigenvalue weighted by atomic mass is 32.2. The molecule has 0 unspecified atom stereocenters. The van der Waals surface area contributed by atoms with Gasteiger partial charge >= 0.3 is 0 Å². The first-order chi connectivity index (χ1) is 13.9. The lowest BCUT2D eigenvalue weighted by atomic mass is 10.1. The summed E-state index contributed by atoms with van der Waals surface area (Å²) in [6, 6.07) is 13.7. The van der Waals surface area contributed by atoms with Crippen molar-refractivity contribution in [2.75, 3.05) is 18.5 Å². The number of rotatable bonds is 9. The van der Waals surface area contributed by atoms with Gasteiger partial charge in [0.05, 0.1) is 4.90 Å². The minimum absolute atomic E-state index is 0.0632. The van der Waals surface area contributed by atoms with Gasteiger partial charge in [0.1, 0.15) is 5.75 Å². The fourth-order valence-electron chi connectivity index (χ4n) is 2.45. The number of tetrazole rings is 1. The second kappa shape index (κ2) is 9.26. The van der Waals surface area contributed by atoms with Crippen LogP contribution in [0.4, 0.5) is 5.95 Å². The molecule has 0 aliphatic carbocycles. The van der Waals surface area contributed by atoms with Crippen LogP contribution in [0.5, 0.6) is 5.75 Å². The Hall–Kier alpha value is -3.31. The number of hydrogen-bond acceptors (Lipinski definition) is 7. The largest absolute Gasteiger partial charge is 0.484 e. The van der Waals surface area contributed by atoms with Crippen LogP contribution in [0.2, 0.25) is 0 Å². The molecule has 0 aliphatic rings. The third-order valence-electron chi connectivity index (χ3n) is 3.90. The first kappa shape index (κ1) is 20.4. The predicted octanol–water partition coefficient (Wildman–Crippen LogP) is 1.05. The van der Waals surface area contributed by atoms with Crippen LogP contribution in [0, 0.1) is 6.92 Å². The Kier molecular flexibility index (Phi) is 6.52. The van der Waals surface area contributed by atoms with Gasteiger partial charge in [0.15, 0.2) is 6.61 Å². The van der Waals surface area contributed by atoms with E-state index in [1.54, 1.807) is 42.5 Å². The zero-order valence-corrected chi connectivity index (χ0v) is 16.4. The molecule has 1 amide bonds. The molecule has 10 nitrogen and oxygen atoms in total. The maximum absolute atomic E-state index is 12.3. The Morgan fingerprint density at radius 1 is 1.17 bits per heavy atom. The summed E-state index contributed by atoms with van der Waals surface area (Å²) in [7, 11) is -3.56. The molecular formula is C18H20N6O4S. The lowest BCUT2D eigenvalue weighted by Crippen LogP contribution is -2.26. The molecule has 152 valence electrons. The van der Waals surface area contributed by atoms with Crippen LogP contribution in [0.15, 0.2) is 53.4 Å². The second-order valence-corrected chi connectivity index (χ2v) is 7.95. The highest BCUT2D eigenvalue weighted by Gasteiger charge is 2.13. The quantitative estimate of drug-likeness (QED) is 0.474. The van der Waals surface area contributed by atoms with Gasteiger partial charge in [-0.3, -0.25) is 10.1 Å². The first-order valence-electron chi connectivity index (χ1n) is 8.74. The summed E-state index contributed by atoms with van der Waals surface area (Å²) < 4.78 is 32.7. The van der Waals surface area contributed by atoms with Crippen molar-refractivity contribution in [2.24, 2.45) is 0 Å². The number of aromatic nitrogens is 4. The zero-order valence-electron chi connectivity index (χ0n) is 15.6. The van der Waals surface area contributed by atoms with Gasteiger partial charge < -0.3 is 4.74 Å². The minimum atomic E-state index is -3.56. The summed E-state index contributed by atoms with van der Waals surface area (Å²) in [6.07, 6.45) is 0.470. The van der Waals surface area contributed by atoms with Crippen LogP contribution in [-0.2, 0) is 21.2 Å². The Labute approximate surface area is 167 Å². The van der Waals surface area contributed by atoms with Crippen molar-refractivity contribution in [3.05, 3.63) is 59.7 Å². The fourth-order valence-corrected chi connectivity index (χ4v) is 3.48. The minimum Gasteiger partial charge on any atom is -0.484 e. The Balaban J connectivity index is 1.49. The van der Waals surface area contributed by atoms with Crippen LogP contribution < -0.4 is 14.8 Å². The third kappa shape index (κ3) is 6.09. The van der Waals surface area contributed by atoms with Crippen LogP contribution in [0.25, 0.3) is 0 Å². The molecule has 3 aromatic rings. The number of H-pyrrole nitrogens is 1. The Morgan fingerprint density at radius 3 is 2.69 bits per heavy atom. The van der Waals surface area contributed by atoms with E-state index >= 15 is 0 Å². The van der Waals surface area contributed by atoms with E-state index in [4.69, 9.17) is 4.74 Å². The van der Waals surface area contributed by atoms with Gasteiger partial charge in [-0.2, -0.15) is 5.21 Å². The number of anilines is 1. The number of benzene rings is 2. The second-order valence-electron chi connectivity index (χ2n) is 6.18. The van der Waals surface area contributed by atoms with Crippen molar-refractivity contribution < 1.29 is 17.9 Å². The van der Waals surface area contributed by atoms with E-state index < -0.39 is 15.9 Å². The Morgan fingerprint density at radius 2 is 1.97 bits per heavy atom. The molecule has 0 atom stereocenters. The van der Waals surface area contributed by atoms with Crippen molar-refractivity contribution >= 4 is 21.9 Å². The van der Waals surface area contributed by atoms with Crippen molar-refractivity contribution in [1.29, 1.82) is 0 Å². The van der Waals surface area contributed by atoms with Gasteiger partial charge in [-0.05, 0) is 48.4 Å². The number of nitrogens with zero attached hydrogens (tertiary/aromatic N) is 3. The van der Waals surface area contributed by atoms with Crippen LogP contribution in [0.1, 0.15) is 11.1 Å². The molecule has 1 aromatic heterocycles. The van der Waals surface area contributed by atoms with Crippen LogP contribution in [0.3, 0.4) is 0 Å². The number of carbonyl (C=O) groups is 1. The van der Waals surface area contributed by atoms with E-state index in [1.807, 2.05) is 13.0 Å². The molecule has 0 fully saturated rings. The first-order valence-corrected chi connectivity index (χ1v) is 10.2. The average molecular weight is 416 g/mol. The van der Waals surface area contributed by atoms with Gasteiger partial charge in [-0.15, -0.1) is 5.10 Å². The normalized spacial score (nSPS) is 11.2. The number of ether oxygens (including phenoxy) is 1. The van der Waals surface area contributed by atoms with E-state index in [-0.39, 0.29) is 24.0 Å². The number of sulfonamides is 1. The summed E-state index contributed by atoms with van der Waals surface area (Å²) in [6.45, 7) is 1.91. The van der Waals surface area contributed by atoms with Crippen molar-refractivity contribution in [1.82, 2.24) is 25.3 Å². The van der Waals surface area contributed by atoms with Crippen molar-refractivity contribution in [2.45, 2.75) is 18.2 Å². The standard InChI is InChI=1S/C18H20N6O4S/c1-13-5-7-16(8-6-13)29(26,27)19-10-9-14-3-2-4-15(11-14)28-12-17(25)20-18-21-23-24-22-18/h2-8,11,19H,9-10,12H2,1H3,(H2,20,21,22,23,24,25). The van der Waals surface area contributed by atoms with E-state index in [0.29, 0.717) is 12.2 Å². The molecule has 0 saturated carbocycles. The van der Waals surface area contributed by atoms with Gasteiger partial charge in [0, 0.05) is 6.54 Å². The molecular weight excluding hydrogens is 396 g/mol. The topological polar surface area (TPSA) is 139 Å². The molecule has 29 heavy (non-hydrogen) atoms. The Bertz CT molecular complexity index is 1050. The number of aromatic amines is 1. The maximum atomic E-state index is 12.3. The summed E-state index contributed by atoms with van der Waals surface area (Å²) in [4.78, 5) is 12.0. The molecule has 3 N–H and O–H groups in total. The maximum Gasteiger partial charge on any atom is 0.269 e. The van der Waals surface area contributed by atoms with Gasteiger partial charge in [0.2, 0.25) is 10.0 Å². The lowest BCUT2D eigenvalue weighted by molar-refractivity contribution is -0.118. The van der Waals surface area contributed by atoms with Gasteiger partial charge in [-0.1, -0.05) is 34.9 Å². The van der Waals surface area contributed by atoms with Crippen molar-refractivity contribution in [3.63, 3.8) is 0 Å². The number of nitrogens with one attached hydrogen (secondary N) is 3. The average Bonchev–Trinajstić information content (AvgIpc) is 3.20. The summed E-state index contributed by atoms with van der Waals surface area (Å²) in [5.41, 5.74) is 1.86. The van der Waals surface area contributed by atoms with Gasteiger partial charge in [0.25, 0.3) is 11.9 Å². The van der Waals surface area contributed by atoms with Gasteiger partial charge in [-0.25, -0.2) is 13.1 Å². The molecule has 0 radical (unpaired) electrons. The fraction of sp³-hybridized carbons (Fsp3) is 0.222. The third-order valence-corrected chi connectivity index (χ3v) is 5.38.